The number of ether oxygens (including phenoxy) is 3. The standard InChI is InChI=1S/C63H112O6/c1-4-7-10-13-16-19-22-25-27-29-30-31-32-34-35-38-41-44-47-50-53-56-62(65)68-59-60(58-67-61(64)55-52-49-46-43-40-37-24-21-18-15-12-9-6-3)69-63(66)57-54-51-48-45-42-39-36-33-28-26-23-20-17-14-11-8-5-2/h17,20-21,24-28,36,39,60H,4-16,18-19,22-23,29-35,37-38,40-59H2,1-3H3/b20-17-,24-21-,27-25-,28-26-,39-36-/t60-/m0/s1. The zero-order chi connectivity index (χ0) is 50.0. The quantitative estimate of drug-likeness (QED) is 0.0262. The lowest BCUT2D eigenvalue weighted by Gasteiger charge is -2.18. The summed E-state index contributed by atoms with van der Waals surface area (Å²) in [5.41, 5.74) is 0. The van der Waals surface area contributed by atoms with E-state index in [1.807, 2.05) is 0 Å². The molecule has 0 aliphatic heterocycles. The first-order valence-electron chi connectivity index (χ1n) is 29.8. The Kier molecular flexibility index (Phi) is 55.3. The summed E-state index contributed by atoms with van der Waals surface area (Å²) in [5, 5.41) is 0. The monoisotopic (exact) mass is 965 g/mol. The third-order valence-corrected chi connectivity index (χ3v) is 13.0. The van der Waals surface area contributed by atoms with Crippen LogP contribution in [0.4, 0.5) is 0 Å². The van der Waals surface area contributed by atoms with Crippen molar-refractivity contribution in [2.45, 2.75) is 309 Å². The molecule has 0 spiro atoms. The summed E-state index contributed by atoms with van der Waals surface area (Å²) in [4.78, 5) is 38.2. The van der Waals surface area contributed by atoms with Gasteiger partial charge in [0.1, 0.15) is 13.2 Å². The first-order chi connectivity index (χ1) is 34.0. The number of carbonyl (C=O) groups is 3. The van der Waals surface area contributed by atoms with Gasteiger partial charge in [-0.05, 0) is 109 Å². The third kappa shape index (κ3) is 55.9. The van der Waals surface area contributed by atoms with Crippen LogP contribution in [0.15, 0.2) is 60.8 Å². The van der Waals surface area contributed by atoms with Gasteiger partial charge in [0.15, 0.2) is 6.10 Å². The number of hydrogen-bond acceptors (Lipinski definition) is 6. The van der Waals surface area contributed by atoms with Crippen molar-refractivity contribution < 1.29 is 28.6 Å². The van der Waals surface area contributed by atoms with Gasteiger partial charge in [-0.2, -0.15) is 0 Å². The van der Waals surface area contributed by atoms with Crippen molar-refractivity contribution >= 4 is 17.9 Å². The van der Waals surface area contributed by atoms with Crippen LogP contribution in [0.25, 0.3) is 0 Å². The highest BCUT2D eigenvalue weighted by atomic mass is 16.6. The Labute approximate surface area is 428 Å². The van der Waals surface area contributed by atoms with Gasteiger partial charge in [0.05, 0.1) is 0 Å². The molecule has 400 valence electrons. The molecule has 0 aromatic carbocycles. The van der Waals surface area contributed by atoms with Crippen LogP contribution in [0.1, 0.15) is 303 Å². The average Bonchev–Trinajstić information content (AvgIpc) is 3.35. The number of esters is 3. The number of unbranched alkanes of at least 4 members (excludes halogenated alkanes) is 33. The van der Waals surface area contributed by atoms with Gasteiger partial charge in [0, 0.05) is 19.3 Å². The van der Waals surface area contributed by atoms with E-state index < -0.39 is 6.10 Å². The zero-order valence-electron chi connectivity index (χ0n) is 45.8. The van der Waals surface area contributed by atoms with E-state index in [4.69, 9.17) is 14.2 Å². The molecule has 0 saturated carbocycles. The zero-order valence-corrected chi connectivity index (χ0v) is 45.8. The minimum absolute atomic E-state index is 0.0851. The first-order valence-corrected chi connectivity index (χ1v) is 29.8. The molecule has 0 aromatic heterocycles. The summed E-state index contributed by atoms with van der Waals surface area (Å²) in [7, 11) is 0. The van der Waals surface area contributed by atoms with Crippen LogP contribution in [0.2, 0.25) is 0 Å². The summed E-state index contributed by atoms with van der Waals surface area (Å²) in [5.74, 6) is -0.905. The molecule has 0 saturated heterocycles. The molecule has 0 aliphatic rings. The lowest BCUT2D eigenvalue weighted by Crippen LogP contribution is -2.30. The average molecular weight is 966 g/mol. The molecule has 0 unspecified atom stereocenters. The minimum atomic E-state index is -0.789. The van der Waals surface area contributed by atoms with Crippen molar-refractivity contribution in [2.24, 2.45) is 0 Å². The molecule has 0 aliphatic carbocycles. The number of rotatable bonds is 54. The molecule has 0 bridgehead atoms. The van der Waals surface area contributed by atoms with Crippen LogP contribution in [-0.2, 0) is 28.6 Å². The van der Waals surface area contributed by atoms with Crippen molar-refractivity contribution in [1.29, 1.82) is 0 Å². The normalized spacial score (nSPS) is 12.4. The van der Waals surface area contributed by atoms with Gasteiger partial charge in [0.25, 0.3) is 0 Å². The van der Waals surface area contributed by atoms with E-state index in [0.29, 0.717) is 19.3 Å². The molecule has 0 heterocycles. The maximum Gasteiger partial charge on any atom is 0.306 e. The Morgan fingerprint density at radius 1 is 0.290 bits per heavy atom. The third-order valence-electron chi connectivity index (χ3n) is 13.0. The molecule has 6 heteroatoms. The topological polar surface area (TPSA) is 78.9 Å². The van der Waals surface area contributed by atoms with Crippen LogP contribution >= 0.6 is 0 Å². The van der Waals surface area contributed by atoms with Crippen molar-refractivity contribution in [1.82, 2.24) is 0 Å². The van der Waals surface area contributed by atoms with E-state index >= 15 is 0 Å². The Hall–Kier alpha value is -2.89. The van der Waals surface area contributed by atoms with E-state index in [9.17, 15) is 14.4 Å². The molecule has 6 nitrogen and oxygen atoms in total. The Morgan fingerprint density at radius 3 is 0.870 bits per heavy atom. The molecule has 0 rings (SSSR count). The van der Waals surface area contributed by atoms with Crippen LogP contribution in [-0.4, -0.2) is 37.2 Å². The van der Waals surface area contributed by atoms with Crippen LogP contribution in [0, 0.1) is 0 Å². The summed E-state index contributed by atoms with van der Waals surface area (Å²) < 4.78 is 16.9. The van der Waals surface area contributed by atoms with Crippen molar-refractivity contribution in [3.63, 3.8) is 0 Å². The fourth-order valence-electron chi connectivity index (χ4n) is 8.44. The fourth-order valence-corrected chi connectivity index (χ4v) is 8.44. The highest BCUT2D eigenvalue weighted by Gasteiger charge is 2.19. The van der Waals surface area contributed by atoms with E-state index in [1.54, 1.807) is 0 Å². The van der Waals surface area contributed by atoms with Gasteiger partial charge in [-0.25, -0.2) is 0 Å². The summed E-state index contributed by atoms with van der Waals surface area (Å²) in [6, 6.07) is 0. The number of allylic oxidation sites excluding steroid dienone is 10. The molecule has 0 aromatic rings. The molecule has 0 radical (unpaired) electrons. The second kappa shape index (κ2) is 57.7. The largest absolute Gasteiger partial charge is 0.462 e. The van der Waals surface area contributed by atoms with E-state index in [-0.39, 0.29) is 31.1 Å². The molecular formula is C63H112O6. The number of hydrogen-bond donors (Lipinski definition) is 0. The predicted molar refractivity (Wildman–Crippen MR) is 298 cm³/mol. The smallest absolute Gasteiger partial charge is 0.306 e. The Bertz CT molecular complexity index is 1250. The van der Waals surface area contributed by atoms with Gasteiger partial charge >= 0.3 is 17.9 Å². The van der Waals surface area contributed by atoms with Crippen LogP contribution in [0.5, 0.6) is 0 Å². The van der Waals surface area contributed by atoms with E-state index in [1.165, 1.54) is 173 Å². The van der Waals surface area contributed by atoms with E-state index in [2.05, 4.69) is 81.5 Å². The van der Waals surface area contributed by atoms with Crippen molar-refractivity contribution in [3.05, 3.63) is 60.8 Å². The minimum Gasteiger partial charge on any atom is -0.462 e. The molecule has 0 amide bonds. The van der Waals surface area contributed by atoms with Crippen LogP contribution in [0.3, 0.4) is 0 Å². The Balaban J connectivity index is 4.36. The maximum atomic E-state index is 12.9. The first kappa shape index (κ1) is 66.1. The summed E-state index contributed by atoms with van der Waals surface area (Å²) in [6.45, 7) is 6.59. The second-order valence-corrected chi connectivity index (χ2v) is 19.9. The van der Waals surface area contributed by atoms with Crippen molar-refractivity contribution in [3.8, 4) is 0 Å². The molecule has 1 atom stereocenters. The van der Waals surface area contributed by atoms with Gasteiger partial charge in [-0.15, -0.1) is 0 Å². The summed E-state index contributed by atoms with van der Waals surface area (Å²) in [6.07, 6.45) is 72.1. The lowest BCUT2D eigenvalue weighted by molar-refractivity contribution is -0.167. The van der Waals surface area contributed by atoms with Gasteiger partial charge in [-0.3, -0.25) is 14.4 Å². The highest BCUT2D eigenvalue weighted by molar-refractivity contribution is 5.71. The predicted octanol–water partition coefficient (Wildman–Crippen LogP) is 20.0. The fraction of sp³-hybridized carbons (Fsp3) is 0.794. The number of carbonyl (C=O) groups excluding carboxylic acids is 3. The SMILES string of the molecule is CCCCC/C=C\C/C=C\C/C=C\CCCCCCC(=O)O[C@@H](COC(=O)CCCCCCC/C=C\CCCCCC)COC(=O)CCCCCCCCCCCCC/C=C\CCCCCCCC. The highest BCUT2D eigenvalue weighted by Crippen LogP contribution is 2.15. The van der Waals surface area contributed by atoms with Gasteiger partial charge < -0.3 is 14.2 Å². The van der Waals surface area contributed by atoms with E-state index in [0.717, 1.165) is 89.9 Å². The van der Waals surface area contributed by atoms with Gasteiger partial charge in [0.2, 0.25) is 0 Å². The molecule has 69 heavy (non-hydrogen) atoms. The maximum absolute atomic E-state index is 12.9. The van der Waals surface area contributed by atoms with Crippen LogP contribution < -0.4 is 0 Å². The van der Waals surface area contributed by atoms with Crippen molar-refractivity contribution in [2.75, 3.05) is 13.2 Å². The molecule has 0 fully saturated rings. The summed E-state index contributed by atoms with van der Waals surface area (Å²) >= 11 is 0. The second-order valence-electron chi connectivity index (χ2n) is 19.9. The molecular weight excluding hydrogens is 853 g/mol. The molecule has 0 N–H and O–H groups in total. The van der Waals surface area contributed by atoms with Gasteiger partial charge in [-0.1, -0.05) is 236 Å². The lowest BCUT2D eigenvalue weighted by atomic mass is 10.0. The Morgan fingerprint density at radius 2 is 0.522 bits per heavy atom.